The molecule has 0 bridgehead atoms. The molecule has 1 fully saturated rings. The zero-order valence-electron chi connectivity index (χ0n) is 9.95. The number of halogens is 2. The molecule has 0 atom stereocenters. The monoisotopic (exact) mass is 290 g/mol. The molecule has 3 rings (SSSR count). The van der Waals surface area contributed by atoms with E-state index in [4.69, 9.17) is 21.1 Å². The van der Waals surface area contributed by atoms with Crippen LogP contribution in [0.4, 0.5) is 5.69 Å². The van der Waals surface area contributed by atoms with Gasteiger partial charge in [0.05, 0.1) is 5.69 Å². The summed E-state index contributed by atoms with van der Waals surface area (Å²) in [5.74, 6) is 1.60. The molecule has 1 saturated heterocycles. The molecule has 0 unspecified atom stereocenters. The first kappa shape index (κ1) is 13.6. The molecule has 0 radical (unpaired) electrons. The molecule has 0 saturated carbocycles. The Labute approximate surface area is 118 Å². The van der Waals surface area contributed by atoms with Crippen LogP contribution >= 0.6 is 24.0 Å². The molecular weight excluding hydrogens is 275 g/mol. The van der Waals surface area contributed by atoms with E-state index in [0.717, 1.165) is 43.4 Å². The van der Waals surface area contributed by atoms with Crippen LogP contribution in [0.1, 0.15) is 0 Å². The van der Waals surface area contributed by atoms with E-state index in [2.05, 4.69) is 10.2 Å². The molecule has 0 amide bonds. The van der Waals surface area contributed by atoms with Crippen LogP contribution in [0.25, 0.3) is 0 Å². The van der Waals surface area contributed by atoms with Crippen molar-refractivity contribution in [3.63, 3.8) is 0 Å². The van der Waals surface area contributed by atoms with Gasteiger partial charge in [-0.25, -0.2) is 0 Å². The fourth-order valence-electron chi connectivity index (χ4n) is 2.24. The van der Waals surface area contributed by atoms with Crippen molar-refractivity contribution in [3.05, 3.63) is 17.2 Å². The lowest BCUT2D eigenvalue weighted by Gasteiger charge is -2.32. The third-order valence-corrected chi connectivity index (χ3v) is 3.26. The van der Waals surface area contributed by atoms with Gasteiger partial charge in [-0.2, -0.15) is 0 Å². The zero-order chi connectivity index (χ0) is 11.7. The molecule has 1 aromatic rings. The van der Waals surface area contributed by atoms with Crippen LogP contribution in [0.15, 0.2) is 12.1 Å². The highest BCUT2D eigenvalue weighted by atomic mass is 35.5. The Kier molecular flexibility index (Phi) is 4.43. The van der Waals surface area contributed by atoms with E-state index in [-0.39, 0.29) is 12.4 Å². The molecule has 1 N–H and O–H groups in total. The molecule has 1 aromatic carbocycles. The van der Waals surface area contributed by atoms with Crippen molar-refractivity contribution in [1.82, 2.24) is 5.32 Å². The molecule has 6 heteroatoms. The maximum absolute atomic E-state index is 6.12. The number of anilines is 1. The van der Waals surface area contributed by atoms with Gasteiger partial charge in [-0.3, -0.25) is 0 Å². The number of rotatable bonds is 1. The number of nitrogens with one attached hydrogen (secondary N) is 1. The SMILES string of the molecule is Cl.Clc1cc2c(c(N3CCNCC3)c1)OCCO2. The van der Waals surface area contributed by atoms with Crippen molar-refractivity contribution in [2.75, 3.05) is 44.3 Å². The van der Waals surface area contributed by atoms with Crippen molar-refractivity contribution in [1.29, 1.82) is 0 Å². The van der Waals surface area contributed by atoms with Gasteiger partial charge in [-0.15, -0.1) is 12.4 Å². The normalized spacial score (nSPS) is 18.2. The highest BCUT2D eigenvalue weighted by Gasteiger charge is 2.22. The number of hydrogen-bond acceptors (Lipinski definition) is 4. The molecule has 100 valence electrons. The summed E-state index contributed by atoms with van der Waals surface area (Å²) in [7, 11) is 0. The van der Waals surface area contributed by atoms with E-state index in [1.807, 2.05) is 12.1 Å². The number of nitrogens with zero attached hydrogens (tertiary/aromatic N) is 1. The maximum Gasteiger partial charge on any atom is 0.184 e. The molecule has 2 aliphatic heterocycles. The standard InChI is InChI=1S/C12H15ClN2O2.ClH/c13-9-7-10(15-3-1-14-2-4-15)12-11(8-9)16-5-6-17-12;/h7-8,14H,1-6H2;1H. The Morgan fingerprint density at radius 1 is 1.11 bits per heavy atom. The Morgan fingerprint density at radius 3 is 2.61 bits per heavy atom. The molecule has 0 aromatic heterocycles. The van der Waals surface area contributed by atoms with Gasteiger partial charge in [0.1, 0.15) is 13.2 Å². The van der Waals surface area contributed by atoms with E-state index in [1.165, 1.54) is 0 Å². The quantitative estimate of drug-likeness (QED) is 0.857. The lowest BCUT2D eigenvalue weighted by atomic mass is 10.2. The summed E-state index contributed by atoms with van der Waals surface area (Å²) in [4.78, 5) is 2.29. The maximum atomic E-state index is 6.12. The highest BCUT2D eigenvalue weighted by Crippen LogP contribution is 2.42. The van der Waals surface area contributed by atoms with E-state index in [9.17, 15) is 0 Å². The predicted molar refractivity (Wildman–Crippen MR) is 74.8 cm³/mol. The van der Waals surface area contributed by atoms with Crippen molar-refractivity contribution in [3.8, 4) is 11.5 Å². The van der Waals surface area contributed by atoms with Gasteiger partial charge < -0.3 is 19.7 Å². The number of benzene rings is 1. The highest BCUT2D eigenvalue weighted by molar-refractivity contribution is 6.31. The van der Waals surface area contributed by atoms with Gasteiger partial charge in [0.2, 0.25) is 0 Å². The number of ether oxygens (including phenoxy) is 2. The molecule has 0 spiro atoms. The van der Waals surface area contributed by atoms with Crippen LogP contribution in [0, 0.1) is 0 Å². The fourth-order valence-corrected chi connectivity index (χ4v) is 2.45. The zero-order valence-corrected chi connectivity index (χ0v) is 11.5. The first-order valence-electron chi connectivity index (χ1n) is 5.89. The summed E-state index contributed by atoms with van der Waals surface area (Å²) in [6.07, 6.45) is 0. The third kappa shape index (κ3) is 2.60. The van der Waals surface area contributed by atoms with Gasteiger partial charge in [-0.1, -0.05) is 11.6 Å². The summed E-state index contributed by atoms with van der Waals surface area (Å²) in [5, 5.41) is 4.03. The second kappa shape index (κ2) is 5.87. The van der Waals surface area contributed by atoms with E-state index >= 15 is 0 Å². The summed E-state index contributed by atoms with van der Waals surface area (Å²) in [6.45, 7) is 5.11. The van der Waals surface area contributed by atoms with Gasteiger partial charge in [-0.05, 0) is 6.07 Å². The summed E-state index contributed by atoms with van der Waals surface area (Å²) in [6, 6.07) is 3.78. The van der Waals surface area contributed by atoms with Crippen LogP contribution < -0.4 is 19.7 Å². The van der Waals surface area contributed by atoms with Crippen LogP contribution in [0.5, 0.6) is 11.5 Å². The smallest absolute Gasteiger partial charge is 0.184 e. The second-order valence-corrected chi connectivity index (χ2v) is 4.62. The molecule has 2 aliphatic rings. The van der Waals surface area contributed by atoms with E-state index < -0.39 is 0 Å². The topological polar surface area (TPSA) is 33.7 Å². The number of fused-ring (bicyclic) bond motifs is 1. The fraction of sp³-hybridized carbons (Fsp3) is 0.500. The van der Waals surface area contributed by atoms with Gasteiger partial charge in [0, 0.05) is 37.3 Å². The Hall–Kier alpha value is -0.840. The molecule has 2 heterocycles. The van der Waals surface area contributed by atoms with Gasteiger partial charge in [0.25, 0.3) is 0 Å². The van der Waals surface area contributed by atoms with Crippen molar-refractivity contribution >= 4 is 29.7 Å². The van der Waals surface area contributed by atoms with Crippen LogP contribution in [0.2, 0.25) is 5.02 Å². The molecule has 4 nitrogen and oxygen atoms in total. The van der Waals surface area contributed by atoms with E-state index in [1.54, 1.807) is 0 Å². The summed E-state index contributed by atoms with van der Waals surface area (Å²) >= 11 is 6.12. The van der Waals surface area contributed by atoms with Crippen LogP contribution in [-0.2, 0) is 0 Å². The third-order valence-electron chi connectivity index (χ3n) is 3.05. The van der Waals surface area contributed by atoms with E-state index in [0.29, 0.717) is 18.2 Å². The lowest BCUT2D eigenvalue weighted by molar-refractivity contribution is 0.172. The van der Waals surface area contributed by atoms with Crippen molar-refractivity contribution in [2.24, 2.45) is 0 Å². The first-order valence-corrected chi connectivity index (χ1v) is 6.27. The first-order chi connectivity index (χ1) is 8.34. The molecule has 0 aliphatic carbocycles. The average Bonchev–Trinajstić information content (AvgIpc) is 2.39. The number of hydrogen-bond donors (Lipinski definition) is 1. The summed E-state index contributed by atoms with van der Waals surface area (Å²) < 4.78 is 11.3. The number of piperazine rings is 1. The van der Waals surface area contributed by atoms with Crippen LogP contribution in [-0.4, -0.2) is 39.4 Å². The van der Waals surface area contributed by atoms with Crippen molar-refractivity contribution < 1.29 is 9.47 Å². The Balaban J connectivity index is 0.00000120. The Morgan fingerprint density at radius 2 is 1.83 bits per heavy atom. The predicted octanol–water partition coefficient (Wildman–Crippen LogP) is 1.94. The average molecular weight is 291 g/mol. The minimum Gasteiger partial charge on any atom is -0.486 e. The van der Waals surface area contributed by atoms with Crippen molar-refractivity contribution in [2.45, 2.75) is 0 Å². The van der Waals surface area contributed by atoms with Gasteiger partial charge >= 0.3 is 0 Å². The van der Waals surface area contributed by atoms with Gasteiger partial charge in [0.15, 0.2) is 11.5 Å². The van der Waals surface area contributed by atoms with Crippen LogP contribution in [0.3, 0.4) is 0 Å². The second-order valence-electron chi connectivity index (χ2n) is 4.19. The lowest BCUT2D eigenvalue weighted by Crippen LogP contribution is -2.43. The largest absolute Gasteiger partial charge is 0.486 e. The molecule has 18 heavy (non-hydrogen) atoms. The minimum absolute atomic E-state index is 0. The Bertz CT molecular complexity index is 423. The summed E-state index contributed by atoms with van der Waals surface area (Å²) in [5.41, 5.74) is 1.05. The minimum atomic E-state index is 0. The molecular formula is C12H16Cl2N2O2.